The lowest BCUT2D eigenvalue weighted by Crippen LogP contribution is -2.40. The molecule has 0 bridgehead atoms. The first kappa shape index (κ1) is 23.0. The topological polar surface area (TPSA) is 75.7 Å². The largest absolute Gasteiger partial charge is 0.379 e. The van der Waals surface area contributed by atoms with E-state index in [4.69, 9.17) is 16.3 Å². The first-order valence-corrected chi connectivity index (χ1v) is 12.0. The van der Waals surface area contributed by atoms with Crippen LogP contribution in [0.25, 0.3) is 0 Å². The van der Waals surface area contributed by atoms with Gasteiger partial charge in [-0.1, -0.05) is 17.7 Å². The molecular formula is C20H22ClFN2O4S2. The van der Waals surface area contributed by atoms with E-state index in [2.05, 4.69) is 5.32 Å². The molecule has 3 rings (SSSR count). The highest BCUT2D eigenvalue weighted by molar-refractivity contribution is 8.00. The zero-order valence-corrected chi connectivity index (χ0v) is 18.9. The van der Waals surface area contributed by atoms with E-state index in [0.717, 1.165) is 0 Å². The molecule has 0 spiro atoms. The minimum absolute atomic E-state index is 0.0101. The van der Waals surface area contributed by atoms with Crippen molar-refractivity contribution in [2.45, 2.75) is 28.9 Å². The summed E-state index contributed by atoms with van der Waals surface area (Å²) in [6, 6.07) is 9.07. The number of carbonyl (C=O) groups excluding carboxylic acids is 1. The Morgan fingerprint density at radius 2 is 1.93 bits per heavy atom. The molecule has 10 heteroatoms. The van der Waals surface area contributed by atoms with Gasteiger partial charge in [0, 0.05) is 23.7 Å². The normalized spacial score (nSPS) is 16.3. The molecule has 0 saturated carbocycles. The van der Waals surface area contributed by atoms with Crippen molar-refractivity contribution in [3.63, 3.8) is 0 Å². The van der Waals surface area contributed by atoms with Gasteiger partial charge >= 0.3 is 0 Å². The molecule has 1 aliphatic rings. The quantitative estimate of drug-likeness (QED) is 0.645. The number of hydrogen-bond acceptors (Lipinski definition) is 5. The van der Waals surface area contributed by atoms with Gasteiger partial charge in [-0.05, 0) is 49.7 Å². The van der Waals surface area contributed by atoms with E-state index < -0.39 is 21.1 Å². The maximum Gasteiger partial charge on any atom is 0.243 e. The van der Waals surface area contributed by atoms with Gasteiger partial charge < -0.3 is 10.1 Å². The number of benzene rings is 2. The fourth-order valence-corrected chi connectivity index (χ4v) is 5.74. The van der Waals surface area contributed by atoms with Crippen molar-refractivity contribution in [2.24, 2.45) is 0 Å². The van der Waals surface area contributed by atoms with E-state index in [-0.39, 0.29) is 15.8 Å². The molecule has 162 valence electrons. The van der Waals surface area contributed by atoms with Gasteiger partial charge in [0.2, 0.25) is 15.9 Å². The minimum atomic E-state index is -3.68. The van der Waals surface area contributed by atoms with Crippen molar-refractivity contribution >= 4 is 45.0 Å². The molecule has 1 N–H and O–H groups in total. The van der Waals surface area contributed by atoms with Crippen LogP contribution in [0.15, 0.2) is 46.2 Å². The highest BCUT2D eigenvalue weighted by atomic mass is 35.5. The first-order valence-electron chi connectivity index (χ1n) is 9.29. The first-order chi connectivity index (χ1) is 14.2. The van der Waals surface area contributed by atoms with E-state index >= 15 is 0 Å². The fourth-order valence-electron chi connectivity index (χ4n) is 2.93. The number of sulfonamides is 1. The third-order valence-corrected chi connectivity index (χ3v) is 8.04. The molecule has 1 heterocycles. The number of anilines is 1. The van der Waals surface area contributed by atoms with Crippen LogP contribution >= 0.6 is 23.4 Å². The molecule has 6 nitrogen and oxygen atoms in total. The number of rotatable bonds is 6. The fraction of sp³-hybridized carbons (Fsp3) is 0.350. The molecular weight excluding hydrogens is 451 g/mol. The second kappa shape index (κ2) is 9.65. The van der Waals surface area contributed by atoms with Crippen molar-refractivity contribution in [3.05, 3.63) is 52.8 Å². The summed E-state index contributed by atoms with van der Waals surface area (Å²) in [7, 11) is -3.68. The summed E-state index contributed by atoms with van der Waals surface area (Å²) in [5.74, 6) is -0.828. The molecule has 0 aliphatic carbocycles. The average molecular weight is 473 g/mol. The van der Waals surface area contributed by atoms with Gasteiger partial charge in [-0.3, -0.25) is 4.79 Å². The van der Waals surface area contributed by atoms with E-state index in [0.29, 0.717) is 42.4 Å². The second-order valence-electron chi connectivity index (χ2n) is 6.82. The van der Waals surface area contributed by atoms with Crippen LogP contribution in [0.3, 0.4) is 0 Å². The summed E-state index contributed by atoms with van der Waals surface area (Å²) in [5, 5.41) is 2.24. The Kier molecular flexibility index (Phi) is 7.41. The Bertz CT molecular complexity index is 1040. The van der Waals surface area contributed by atoms with Crippen LogP contribution in [-0.4, -0.2) is 50.2 Å². The Balaban J connectivity index is 1.74. The number of thioether (sulfide) groups is 1. The highest BCUT2D eigenvalue weighted by Crippen LogP contribution is 2.29. The van der Waals surface area contributed by atoms with Crippen LogP contribution in [-0.2, 0) is 19.6 Å². The minimum Gasteiger partial charge on any atom is -0.379 e. The third-order valence-electron chi connectivity index (χ3n) is 4.62. The summed E-state index contributed by atoms with van der Waals surface area (Å²) in [6.07, 6.45) is 0. The van der Waals surface area contributed by atoms with Crippen LogP contribution < -0.4 is 5.32 Å². The van der Waals surface area contributed by atoms with Gasteiger partial charge in [-0.15, -0.1) is 11.8 Å². The number of morpholine rings is 1. The van der Waals surface area contributed by atoms with Crippen LogP contribution in [0.4, 0.5) is 10.1 Å². The Morgan fingerprint density at radius 3 is 2.60 bits per heavy atom. The smallest absolute Gasteiger partial charge is 0.243 e. The van der Waals surface area contributed by atoms with E-state index in [1.54, 1.807) is 32.0 Å². The zero-order valence-electron chi connectivity index (χ0n) is 16.5. The summed E-state index contributed by atoms with van der Waals surface area (Å²) in [6.45, 7) is 4.73. The van der Waals surface area contributed by atoms with Gasteiger partial charge in [0.05, 0.1) is 28.4 Å². The molecule has 1 amide bonds. The molecule has 2 aromatic carbocycles. The standard InChI is InChI=1S/C20H22ClFN2O4S2/c1-13-3-4-15(11-19(13)30(26,27)24-7-9-28-10-8-24)23-20(25)14(2)29-16-5-6-18(22)17(21)12-16/h3-6,11-12,14H,7-10H2,1-2H3,(H,23,25). The van der Waals surface area contributed by atoms with Crippen molar-refractivity contribution in [1.82, 2.24) is 4.31 Å². The van der Waals surface area contributed by atoms with Gasteiger partial charge in [-0.2, -0.15) is 4.31 Å². The number of hydrogen-bond donors (Lipinski definition) is 1. The van der Waals surface area contributed by atoms with E-state index in [1.807, 2.05) is 0 Å². The second-order valence-corrected chi connectivity index (χ2v) is 10.5. The molecule has 1 fully saturated rings. The Labute approximate surface area is 184 Å². The summed E-state index contributed by atoms with van der Waals surface area (Å²) in [4.78, 5) is 13.4. The lowest BCUT2D eigenvalue weighted by Gasteiger charge is -2.27. The molecule has 2 aromatic rings. The van der Waals surface area contributed by atoms with Crippen molar-refractivity contribution < 1.29 is 22.3 Å². The summed E-state index contributed by atoms with van der Waals surface area (Å²) >= 11 is 7.01. The number of aryl methyl sites for hydroxylation is 1. The number of nitrogens with one attached hydrogen (secondary N) is 1. The van der Waals surface area contributed by atoms with Crippen molar-refractivity contribution in [1.29, 1.82) is 0 Å². The van der Waals surface area contributed by atoms with E-state index in [9.17, 15) is 17.6 Å². The van der Waals surface area contributed by atoms with Crippen LogP contribution in [0.2, 0.25) is 5.02 Å². The van der Waals surface area contributed by atoms with Gasteiger partial charge in [0.1, 0.15) is 5.82 Å². The molecule has 0 radical (unpaired) electrons. The number of carbonyl (C=O) groups is 1. The summed E-state index contributed by atoms with van der Waals surface area (Å²) in [5.41, 5.74) is 0.991. The maximum atomic E-state index is 13.3. The number of nitrogens with zero attached hydrogens (tertiary/aromatic N) is 1. The van der Waals surface area contributed by atoms with Crippen LogP contribution in [0, 0.1) is 12.7 Å². The maximum absolute atomic E-state index is 13.3. The van der Waals surface area contributed by atoms with Gasteiger partial charge in [0.25, 0.3) is 0 Å². The molecule has 30 heavy (non-hydrogen) atoms. The SMILES string of the molecule is Cc1ccc(NC(=O)C(C)Sc2ccc(F)c(Cl)c2)cc1S(=O)(=O)N1CCOCC1. The van der Waals surface area contributed by atoms with E-state index in [1.165, 1.54) is 34.3 Å². The third kappa shape index (κ3) is 5.33. The average Bonchev–Trinajstić information content (AvgIpc) is 2.72. The number of halogens is 2. The van der Waals surface area contributed by atoms with Crippen molar-refractivity contribution in [3.8, 4) is 0 Å². The molecule has 1 unspecified atom stereocenters. The van der Waals surface area contributed by atoms with Crippen molar-refractivity contribution in [2.75, 3.05) is 31.6 Å². The highest BCUT2D eigenvalue weighted by Gasteiger charge is 2.28. The molecule has 0 aromatic heterocycles. The predicted octanol–water partition coefficient (Wildman–Crippen LogP) is 3.93. The van der Waals surface area contributed by atoms with Gasteiger partial charge in [-0.25, -0.2) is 12.8 Å². The number of amides is 1. The molecule has 1 atom stereocenters. The number of ether oxygens (including phenoxy) is 1. The molecule has 1 saturated heterocycles. The van der Waals surface area contributed by atoms with Gasteiger partial charge in [0.15, 0.2) is 0 Å². The monoisotopic (exact) mass is 472 g/mol. The van der Waals surface area contributed by atoms with Crippen LogP contribution in [0.5, 0.6) is 0 Å². The lowest BCUT2D eigenvalue weighted by atomic mass is 10.2. The zero-order chi connectivity index (χ0) is 21.9. The Hall–Kier alpha value is -1.65. The Morgan fingerprint density at radius 1 is 1.23 bits per heavy atom. The summed E-state index contributed by atoms with van der Waals surface area (Å²) < 4.78 is 45.9. The molecule has 1 aliphatic heterocycles. The lowest BCUT2D eigenvalue weighted by molar-refractivity contribution is -0.115. The predicted molar refractivity (Wildman–Crippen MR) is 116 cm³/mol. The van der Waals surface area contributed by atoms with Crippen LogP contribution in [0.1, 0.15) is 12.5 Å².